The topological polar surface area (TPSA) is 83.0 Å². The molecule has 0 saturated heterocycles. The van der Waals surface area contributed by atoms with Crippen molar-refractivity contribution in [3.63, 3.8) is 0 Å². The van der Waals surface area contributed by atoms with Gasteiger partial charge in [0.25, 0.3) is 5.56 Å². The number of furan rings is 1. The monoisotopic (exact) mass is 438 g/mol. The lowest BCUT2D eigenvalue weighted by atomic mass is 9.96. The first-order valence-electron chi connectivity index (χ1n) is 9.99. The lowest BCUT2D eigenvalue weighted by Gasteiger charge is -2.24. The molecule has 0 aliphatic carbocycles. The molecule has 2 aromatic heterocycles. The van der Waals surface area contributed by atoms with Crippen molar-refractivity contribution in [2.75, 3.05) is 13.2 Å². The molecule has 31 heavy (non-hydrogen) atoms. The third kappa shape index (κ3) is 3.98. The SMILES string of the molecule is CCOC(=O)C1=C(C)N=c2s/c(=C\c3ccco3)c(=O)n2[C@H]1c1ccc(OCC)cc1. The van der Waals surface area contributed by atoms with E-state index < -0.39 is 12.0 Å². The van der Waals surface area contributed by atoms with Crippen LogP contribution in [0.5, 0.6) is 5.75 Å². The first kappa shape index (κ1) is 20.9. The van der Waals surface area contributed by atoms with E-state index in [0.717, 1.165) is 11.3 Å². The zero-order chi connectivity index (χ0) is 22.0. The molecule has 0 radical (unpaired) electrons. The van der Waals surface area contributed by atoms with E-state index in [2.05, 4.69) is 4.99 Å². The number of fused-ring (bicyclic) bond motifs is 1. The van der Waals surface area contributed by atoms with Gasteiger partial charge in [0.2, 0.25) is 0 Å². The van der Waals surface area contributed by atoms with Crippen molar-refractivity contribution in [1.29, 1.82) is 0 Å². The van der Waals surface area contributed by atoms with Gasteiger partial charge in [-0.25, -0.2) is 9.79 Å². The van der Waals surface area contributed by atoms with E-state index >= 15 is 0 Å². The van der Waals surface area contributed by atoms with Crippen LogP contribution in [-0.2, 0) is 9.53 Å². The summed E-state index contributed by atoms with van der Waals surface area (Å²) in [4.78, 5) is 31.3. The fourth-order valence-corrected chi connectivity index (χ4v) is 4.55. The van der Waals surface area contributed by atoms with Crippen LogP contribution in [0.4, 0.5) is 0 Å². The smallest absolute Gasteiger partial charge is 0.338 e. The Hall–Kier alpha value is -3.39. The van der Waals surface area contributed by atoms with Gasteiger partial charge >= 0.3 is 5.97 Å². The number of hydrogen-bond donors (Lipinski definition) is 0. The number of rotatable bonds is 6. The highest BCUT2D eigenvalue weighted by atomic mass is 32.1. The minimum absolute atomic E-state index is 0.231. The van der Waals surface area contributed by atoms with Crippen LogP contribution in [0.3, 0.4) is 0 Å². The molecule has 0 saturated carbocycles. The predicted octanol–water partition coefficient (Wildman–Crippen LogP) is 2.79. The molecule has 1 aliphatic rings. The third-order valence-electron chi connectivity index (χ3n) is 4.84. The van der Waals surface area contributed by atoms with E-state index in [1.54, 1.807) is 42.9 Å². The molecule has 7 nitrogen and oxygen atoms in total. The second-order valence-electron chi connectivity index (χ2n) is 6.82. The predicted molar refractivity (Wildman–Crippen MR) is 117 cm³/mol. The molecular formula is C23H22N2O5S. The number of carbonyl (C=O) groups is 1. The normalized spacial score (nSPS) is 16.1. The lowest BCUT2D eigenvalue weighted by molar-refractivity contribution is -0.139. The largest absolute Gasteiger partial charge is 0.494 e. The van der Waals surface area contributed by atoms with E-state index in [-0.39, 0.29) is 12.2 Å². The Morgan fingerprint density at radius 1 is 1.23 bits per heavy atom. The highest BCUT2D eigenvalue weighted by molar-refractivity contribution is 7.07. The number of carbonyl (C=O) groups excluding carboxylic acids is 1. The summed E-state index contributed by atoms with van der Waals surface area (Å²) in [5.41, 5.74) is 1.41. The van der Waals surface area contributed by atoms with E-state index in [9.17, 15) is 9.59 Å². The summed E-state index contributed by atoms with van der Waals surface area (Å²) >= 11 is 1.26. The fraction of sp³-hybridized carbons (Fsp3) is 0.261. The number of aromatic nitrogens is 1. The van der Waals surface area contributed by atoms with Crippen LogP contribution in [0.15, 0.2) is 68.1 Å². The van der Waals surface area contributed by atoms with Gasteiger partial charge in [-0.05, 0) is 50.6 Å². The number of nitrogens with zero attached hydrogens (tertiary/aromatic N) is 2. The first-order chi connectivity index (χ1) is 15.0. The molecule has 8 heteroatoms. The van der Waals surface area contributed by atoms with Crippen molar-refractivity contribution >= 4 is 23.4 Å². The van der Waals surface area contributed by atoms with Crippen molar-refractivity contribution in [1.82, 2.24) is 4.57 Å². The summed E-state index contributed by atoms with van der Waals surface area (Å²) in [5, 5.41) is 0. The molecule has 3 aromatic rings. The summed E-state index contributed by atoms with van der Waals surface area (Å²) in [6.07, 6.45) is 3.23. The Balaban J connectivity index is 1.92. The van der Waals surface area contributed by atoms with Gasteiger partial charge in [0.05, 0.1) is 41.3 Å². The molecule has 1 aliphatic heterocycles. The maximum Gasteiger partial charge on any atom is 0.338 e. The minimum Gasteiger partial charge on any atom is -0.494 e. The zero-order valence-electron chi connectivity index (χ0n) is 17.5. The molecule has 3 heterocycles. The second kappa shape index (κ2) is 8.77. The molecule has 0 N–H and O–H groups in total. The molecule has 160 valence electrons. The molecule has 1 aromatic carbocycles. The first-order valence-corrected chi connectivity index (χ1v) is 10.8. The van der Waals surface area contributed by atoms with E-state index in [1.807, 2.05) is 31.2 Å². The Morgan fingerprint density at radius 3 is 2.65 bits per heavy atom. The van der Waals surface area contributed by atoms with Crippen LogP contribution < -0.4 is 19.6 Å². The van der Waals surface area contributed by atoms with Crippen molar-refractivity contribution < 1.29 is 18.7 Å². The number of hydrogen-bond acceptors (Lipinski definition) is 7. The highest BCUT2D eigenvalue weighted by Gasteiger charge is 2.33. The van der Waals surface area contributed by atoms with Gasteiger partial charge in [-0.1, -0.05) is 23.5 Å². The van der Waals surface area contributed by atoms with Crippen LogP contribution in [-0.4, -0.2) is 23.8 Å². The van der Waals surface area contributed by atoms with Gasteiger partial charge in [0.15, 0.2) is 4.80 Å². The molecule has 0 spiro atoms. The van der Waals surface area contributed by atoms with Gasteiger partial charge in [-0.15, -0.1) is 0 Å². The third-order valence-corrected chi connectivity index (χ3v) is 5.82. The Bertz CT molecular complexity index is 1300. The highest BCUT2D eigenvalue weighted by Crippen LogP contribution is 2.31. The van der Waals surface area contributed by atoms with Crippen molar-refractivity contribution in [3.8, 4) is 5.75 Å². The number of ether oxygens (including phenoxy) is 2. The summed E-state index contributed by atoms with van der Waals surface area (Å²) in [5.74, 6) is 0.807. The van der Waals surface area contributed by atoms with Gasteiger partial charge in [-0.3, -0.25) is 9.36 Å². The van der Waals surface area contributed by atoms with Crippen LogP contribution in [0.1, 0.15) is 38.1 Å². The summed E-state index contributed by atoms with van der Waals surface area (Å²) in [6.45, 7) is 6.20. The van der Waals surface area contributed by atoms with Crippen LogP contribution in [0, 0.1) is 0 Å². The van der Waals surface area contributed by atoms with E-state index in [4.69, 9.17) is 13.9 Å². The number of allylic oxidation sites excluding steroid dienone is 1. The van der Waals surface area contributed by atoms with Crippen molar-refractivity contribution in [2.24, 2.45) is 4.99 Å². The van der Waals surface area contributed by atoms with Crippen molar-refractivity contribution in [2.45, 2.75) is 26.8 Å². The lowest BCUT2D eigenvalue weighted by Crippen LogP contribution is -2.39. The van der Waals surface area contributed by atoms with Crippen LogP contribution >= 0.6 is 11.3 Å². The van der Waals surface area contributed by atoms with E-state index in [0.29, 0.717) is 33.0 Å². The van der Waals surface area contributed by atoms with Gasteiger partial charge in [0, 0.05) is 6.08 Å². The second-order valence-corrected chi connectivity index (χ2v) is 7.83. The average Bonchev–Trinajstić information content (AvgIpc) is 3.36. The van der Waals surface area contributed by atoms with Gasteiger partial charge in [0.1, 0.15) is 11.5 Å². The molecule has 0 unspecified atom stereocenters. The Morgan fingerprint density at radius 2 is 2.00 bits per heavy atom. The summed E-state index contributed by atoms with van der Waals surface area (Å²) < 4.78 is 18.2. The minimum atomic E-state index is -0.648. The fourth-order valence-electron chi connectivity index (χ4n) is 3.52. The standard InChI is InChI=1S/C23H22N2O5S/c1-4-28-16-10-8-15(9-11-16)20-19(22(27)29-5-2)14(3)24-23-25(20)21(26)18(31-23)13-17-7-6-12-30-17/h6-13,20H,4-5H2,1-3H3/b18-13-/t20-/m0/s1. The molecular weight excluding hydrogens is 416 g/mol. The summed E-state index contributed by atoms with van der Waals surface area (Å²) in [6, 6.07) is 10.3. The van der Waals surface area contributed by atoms with Crippen LogP contribution in [0.2, 0.25) is 0 Å². The molecule has 0 amide bonds. The van der Waals surface area contributed by atoms with Crippen molar-refractivity contribution in [3.05, 3.63) is 84.9 Å². The van der Waals surface area contributed by atoms with Crippen LogP contribution in [0.25, 0.3) is 6.08 Å². The molecule has 0 bridgehead atoms. The Kier molecular flexibility index (Phi) is 5.90. The zero-order valence-corrected chi connectivity index (χ0v) is 18.3. The molecule has 1 atom stereocenters. The molecule has 0 fully saturated rings. The quantitative estimate of drug-likeness (QED) is 0.553. The number of thiazole rings is 1. The average molecular weight is 439 g/mol. The van der Waals surface area contributed by atoms with Gasteiger partial charge < -0.3 is 13.9 Å². The maximum absolute atomic E-state index is 13.4. The maximum atomic E-state index is 13.4. The van der Waals surface area contributed by atoms with E-state index in [1.165, 1.54) is 11.3 Å². The van der Waals surface area contributed by atoms with Gasteiger partial charge in [-0.2, -0.15) is 0 Å². The number of esters is 1. The Labute approximate surface area is 182 Å². The summed E-state index contributed by atoms with van der Waals surface area (Å²) in [7, 11) is 0. The number of benzene rings is 1. The molecule has 4 rings (SSSR count).